The Hall–Kier alpha value is -2.41. The van der Waals surface area contributed by atoms with E-state index in [0.717, 1.165) is 10.0 Å². The number of furan rings is 1. The van der Waals surface area contributed by atoms with Crippen LogP contribution in [0.15, 0.2) is 51.6 Å². The maximum Gasteiger partial charge on any atom is 0.255 e. The zero-order chi connectivity index (χ0) is 18.0. The lowest BCUT2D eigenvalue weighted by atomic mass is 9.96. The summed E-state index contributed by atoms with van der Waals surface area (Å²) in [6.07, 6.45) is 1.55. The van der Waals surface area contributed by atoms with Gasteiger partial charge in [-0.05, 0) is 29.8 Å². The molecule has 0 amide bonds. The van der Waals surface area contributed by atoms with Crippen molar-refractivity contribution in [1.82, 2.24) is 14.8 Å². The van der Waals surface area contributed by atoms with Crippen LogP contribution in [0.1, 0.15) is 31.1 Å². The number of benzene rings is 1. The Kier molecular flexibility index (Phi) is 4.76. The molecule has 0 radical (unpaired) electrons. The van der Waals surface area contributed by atoms with Gasteiger partial charge in [0.2, 0.25) is 11.8 Å². The molecular weight excluding hydrogens is 384 g/mol. The molecule has 2 aromatic heterocycles. The summed E-state index contributed by atoms with van der Waals surface area (Å²) in [5, 5.41) is 7.54. The predicted octanol–water partition coefficient (Wildman–Crippen LogP) is 4.60. The first kappa shape index (κ1) is 17.4. The van der Waals surface area contributed by atoms with Gasteiger partial charge in [-0.2, -0.15) is 9.67 Å². The first-order valence-electron chi connectivity index (χ1n) is 7.88. The minimum absolute atomic E-state index is 0.144. The van der Waals surface area contributed by atoms with E-state index in [4.69, 9.17) is 4.42 Å². The Morgan fingerprint density at radius 1 is 1.28 bits per heavy atom. The van der Waals surface area contributed by atoms with Crippen LogP contribution in [0, 0.1) is 5.41 Å². The lowest BCUT2D eigenvalue weighted by Gasteiger charge is -2.17. The molecule has 0 aliphatic heterocycles. The molecular formula is C18H19BrN4O2. The smallest absolute Gasteiger partial charge is 0.255 e. The van der Waals surface area contributed by atoms with Crippen LogP contribution >= 0.6 is 15.9 Å². The highest BCUT2D eigenvalue weighted by Crippen LogP contribution is 2.23. The number of nitrogens with zero attached hydrogens (tertiary/aromatic N) is 3. The van der Waals surface area contributed by atoms with E-state index in [1.54, 1.807) is 18.4 Å². The summed E-state index contributed by atoms with van der Waals surface area (Å²) in [6.45, 7) is 6.07. The highest BCUT2D eigenvalue weighted by Gasteiger charge is 2.28. The van der Waals surface area contributed by atoms with Gasteiger partial charge in [0, 0.05) is 16.4 Å². The average molecular weight is 403 g/mol. The van der Waals surface area contributed by atoms with Gasteiger partial charge < -0.3 is 9.73 Å². The van der Waals surface area contributed by atoms with E-state index in [1.165, 1.54) is 4.68 Å². The summed E-state index contributed by atoms with van der Waals surface area (Å²) in [6, 6.07) is 11.4. The van der Waals surface area contributed by atoms with Crippen molar-refractivity contribution in [3.05, 3.63) is 52.7 Å². The molecule has 3 rings (SSSR count). The van der Waals surface area contributed by atoms with Crippen LogP contribution in [-0.4, -0.2) is 20.7 Å². The molecule has 0 spiro atoms. The number of carbonyl (C=O) groups excluding carboxylic acids is 1. The molecule has 0 fully saturated rings. The highest BCUT2D eigenvalue weighted by atomic mass is 79.9. The Morgan fingerprint density at radius 3 is 2.72 bits per heavy atom. The zero-order valence-electron chi connectivity index (χ0n) is 14.3. The van der Waals surface area contributed by atoms with E-state index in [1.807, 2.05) is 45.0 Å². The van der Waals surface area contributed by atoms with Crippen molar-refractivity contribution in [1.29, 1.82) is 0 Å². The van der Waals surface area contributed by atoms with E-state index in [-0.39, 0.29) is 5.91 Å². The van der Waals surface area contributed by atoms with E-state index < -0.39 is 5.41 Å². The molecule has 2 heterocycles. The van der Waals surface area contributed by atoms with Crippen molar-refractivity contribution in [3.63, 3.8) is 0 Å². The molecule has 1 aromatic carbocycles. The summed E-state index contributed by atoms with van der Waals surface area (Å²) >= 11 is 3.45. The van der Waals surface area contributed by atoms with Crippen LogP contribution in [-0.2, 0) is 6.54 Å². The van der Waals surface area contributed by atoms with Gasteiger partial charge in [0.15, 0.2) is 5.76 Å². The molecule has 0 bridgehead atoms. The third-order valence-electron chi connectivity index (χ3n) is 3.52. The van der Waals surface area contributed by atoms with Gasteiger partial charge in [0.1, 0.15) is 0 Å². The number of hydrogen-bond acceptors (Lipinski definition) is 5. The molecule has 7 heteroatoms. The second kappa shape index (κ2) is 6.84. The summed E-state index contributed by atoms with van der Waals surface area (Å²) in [4.78, 5) is 17.2. The lowest BCUT2D eigenvalue weighted by molar-refractivity contribution is 0.0752. The number of aromatic nitrogens is 3. The molecule has 0 aliphatic rings. The van der Waals surface area contributed by atoms with Crippen LogP contribution in [0.4, 0.5) is 5.95 Å². The summed E-state index contributed by atoms with van der Waals surface area (Å²) in [5.41, 5.74) is 0.479. The second-order valence-corrected chi connectivity index (χ2v) is 7.60. The molecule has 0 aliphatic carbocycles. The molecule has 25 heavy (non-hydrogen) atoms. The van der Waals surface area contributed by atoms with Crippen molar-refractivity contribution < 1.29 is 9.21 Å². The van der Waals surface area contributed by atoms with Gasteiger partial charge in [0.25, 0.3) is 5.91 Å². The Balaban J connectivity index is 1.91. The number of rotatable bonds is 4. The quantitative estimate of drug-likeness (QED) is 0.689. The van der Waals surface area contributed by atoms with E-state index in [9.17, 15) is 4.79 Å². The third-order valence-corrected chi connectivity index (χ3v) is 4.02. The summed E-state index contributed by atoms with van der Waals surface area (Å²) in [7, 11) is 0. The zero-order valence-corrected chi connectivity index (χ0v) is 15.9. The monoisotopic (exact) mass is 402 g/mol. The second-order valence-electron chi connectivity index (χ2n) is 6.69. The molecule has 0 unspecified atom stereocenters. The first-order chi connectivity index (χ1) is 11.8. The van der Waals surface area contributed by atoms with Gasteiger partial charge >= 0.3 is 0 Å². The van der Waals surface area contributed by atoms with Crippen LogP contribution in [0.3, 0.4) is 0 Å². The number of halogens is 1. The molecule has 0 saturated heterocycles. The third kappa shape index (κ3) is 3.99. The van der Waals surface area contributed by atoms with Crippen molar-refractivity contribution in [2.45, 2.75) is 27.3 Å². The Morgan fingerprint density at radius 2 is 2.08 bits per heavy atom. The van der Waals surface area contributed by atoms with Crippen LogP contribution in [0.5, 0.6) is 0 Å². The normalized spacial score (nSPS) is 11.5. The maximum absolute atomic E-state index is 12.7. The molecule has 130 valence electrons. The van der Waals surface area contributed by atoms with Gasteiger partial charge in [-0.1, -0.05) is 48.8 Å². The van der Waals surface area contributed by atoms with E-state index >= 15 is 0 Å². The average Bonchev–Trinajstić information content (AvgIpc) is 3.20. The van der Waals surface area contributed by atoms with Gasteiger partial charge in [-0.3, -0.25) is 4.79 Å². The lowest BCUT2D eigenvalue weighted by Crippen LogP contribution is -2.29. The van der Waals surface area contributed by atoms with Crippen LogP contribution in [0.25, 0.3) is 11.6 Å². The number of hydrogen-bond donors (Lipinski definition) is 1. The van der Waals surface area contributed by atoms with Crippen molar-refractivity contribution >= 4 is 27.8 Å². The predicted molar refractivity (Wildman–Crippen MR) is 99.3 cm³/mol. The first-order valence-corrected chi connectivity index (χ1v) is 8.68. The maximum atomic E-state index is 12.7. The molecule has 1 N–H and O–H groups in total. The van der Waals surface area contributed by atoms with Crippen molar-refractivity contribution in [2.24, 2.45) is 5.41 Å². The minimum atomic E-state index is -0.583. The van der Waals surface area contributed by atoms with E-state index in [2.05, 4.69) is 31.3 Å². The largest absolute Gasteiger partial charge is 0.461 e. The van der Waals surface area contributed by atoms with Crippen molar-refractivity contribution in [3.8, 4) is 11.6 Å². The number of nitrogens with one attached hydrogen (secondary N) is 1. The standard InChI is InChI=1S/C18H19BrN4O2/c1-18(2,3)16(24)23-17(20-11-12-6-4-7-13(19)10-12)21-15(22-23)14-8-5-9-25-14/h4-10H,11H2,1-3H3,(H,20,21,22). The van der Waals surface area contributed by atoms with Gasteiger partial charge in [-0.15, -0.1) is 5.10 Å². The fraction of sp³-hybridized carbons (Fsp3) is 0.278. The van der Waals surface area contributed by atoms with Gasteiger partial charge in [-0.25, -0.2) is 0 Å². The Labute approximate surface area is 154 Å². The molecule has 0 atom stereocenters. The van der Waals surface area contributed by atoms with Crippen LogP contribution in [0.2, 0.25) is 0 Å². The minimum Gasteiger partial charge on any atom is -0.461 e. The van der Waals surface area contributed by atoms with Crippen LogP contribution < -0.4 is 5.32 Å². The molecule has 3 aromatic rings. The van der Waals surface area contributed by atoms with Crippen molar-refractivity contribution in [2.75, 3.05) is 5.32 Å². The number of carbonyl (C=O) groups is 1. The topological polar surface area (TPSA) is 73.0 Å². The SMILES string of the molecule is CC(C)(C)C(=O)n1nc(-c2ccco2)nc1NCc1cccc(Br)c1. The molecule has 0 saturated carbocycles. The van der Waals surface area contributed by atoms with E-state index in [0.29, 0.717) is 24.1 Å². The summed E-state index contributed by atoms with van der Waals surface area (Å²) in [5.74, 6) is 1.14. The van der Waals surface area contributed by atoms with Gasteiger partial charge in [0.05, 0.1) is 6.26 Å². The summed E-state index contributed by atoms with van der Waals surface area (Å²) < 4.78 is 7.66. The molecule has 6 nitrogen and oxygen atoms in total. The fourth-order valence-electron chi connectivity index (χ4n) is 2.22. The fourth-order valence-corrected chi connectivity index (χ4v) is 2.67. The highest BCUT2D eigenvalue weighted by molar-refractivity contribution is 9.10. The Bertz CT molecular complexity index is 879. The number of anilines is 1.